The predicted molar refractivity (Wildman–Crippen MR) is 128 cm³/mol. The predicted octanol–water partition coefficient (Wildman–Crippen LogP) is 4.79. The van der Waals surface area contributed by atoms with Crippen molar-refractivity contribution in [2.45, 2.75) is 25.7 Å². The van der Waals surface area contributed by atoms with Crippen LogP contribution in [-0.2, 0) is 12.8 Å². The lowest BCUT2D eigenvalue weighted by Gasteiger charge is -2.12. The number of rotatable bonds is 3. The van der Waals surface area contributed by atoms with Gasteiger partial charge in [-0.15, -0.1) is 11.3 Å². The Bertz CT molecular complexity index is 1620. The lowest BCUT2D eigenvalue weighted by atomic mass is 9.97. The number of para-hydroxylation sites is 1. The molecule has 0 unspecified atom stereocenters. The number of phenols is 1. The molecule has 0 amide bonds. The minimum Gasteiger partial charge on any atom is -0.507 e. The third kappa shape index (κ3) is 3.15. The number of aromatic hydroxyl groups is 1. The van der Waals surface area contributed by atoms with Crippen LogP contribution in [0, 0.1) is 0 Å². The number of hydrogen-bond donors (Lipinski definition) is 1. The number of phenolic OH excluding ortho intramolecular Hbond substituents is 1. The van der Waals surface area contributed by atoms with E-state index in [0.717, 1.165) is 36.1 Å². The van der Waals surface area contributed by atoms with Gasteiger partial charge in [0.2, 0.25) is 0 Å². The maximum Gasteiger partial charge on any atom is 0.266 e. The summed E-state index contributed by atoms with van der Waals surface area (Å²) in [4.78, 5) is 38.4. The lowest BCUT2D eigenvalue weighted by Crippen LogP contribution is -2.18. The van der Waals surface area contributed by atoms with E-state index in [0.29, 0.717) is 22.3 Å². The van der Waals surface area contributed by atoms with Gasteiger partial charge in [-0.3, -0.25) is 19.0 Å². The largest absolute Gasteiger partial charge is 0.507 e. The molecule has 6 rings (SSSR count). The second-order valence-corrected chi connectivity index (χ2v) is 9.29. The van der Waals surface area contributed by atoms with Crippen LogP contribution in [0.25, 0.3) is 27.1 Å². The molecule has 0 bridgehead atoms. The number of fused-ring (bicyclic) bond motifs is 4. The molecule has 1 aliphatic rings. The molecule has 33 heavy (non-hydrogen) atoms. The summed E-state index contributed by atoms with van der Waals surface area (Å²) in [5, 5.41) is 10.9. The van der Waals surface area contributed by atoms with E-state index in [1.807, 2.05) is 18.2 Å². The molecule has 0 fully saturated rings. The average molecular weight is 454 g/mol. The Morgan fingerprint density at radius 2 is 1.88 bits per heavy atom. The molecule has 4 heterocycles. The number of aryl methyl sites for hydroxylation is 2. The van der Waals surface area contributed by atoms with Gasteiger partial charge >= 0.3 is 0 Å². The van der Waals surface area contributed by atoms with E-state index in [2.05, 4.69) is 4.98 Å². The van der Waals surface area contributed by atoms with Gasteiger partial charge in [-0.25, -0.2) is 4.98 Å². The summed E-state index contributed by atoms with van der Waals surface area (Å²) in [5.74, 6) is -0.471. The van der Waals surface area contributed by atoms with Gasteiger partial charge in [0.25, 0.3) is 5.56 Å². The molecule has 0 atom stereocenters. The summed E-state index contributed by atoms with van der Waals surface area (Å²) in [6.07, 6.45) is 7.25. The second kappa shape index (κ2) is 7.64. The van der Waals surface area contributed by atoms with Crippen molar-refractivity contribution in [3.63, 3.8) is 0 Å². The van der Waals surface area contributed by atoms with Gasteiger partial charge in [-0.1, -0.05) is 18.2 Å². The smallest absolute Gasteiger partial charge is 0.266 e. The Morgan fingerprint density at radius 3 is 2.70 bits per heavy atom. The van der Waals surface area contributed by atoms with Crippen LogP contribution in [0.1, 0.15) is 39.2 Å². The number of hydrogen-bond acceptors (Lipinski definition) is 6. The molecular formula is C26H19N3O3S. The van der Waals surface area contributed by atoms with Gasteiger partial charge in [0.1, 0.15) is 10.6 Å². The summed E-state index contributed by atoms with van der Waals surface area (Å²) in [7, 11) is 0. The molecule has 5 aromatic rings. The SMILES string of the molecule is O=C(c1cc(-c2ccccn2)c2nc3sc4c(c3c(=O)n2c1)CCCC4)c1ccccc1O. The summed E-state index contributed by atoms with van der Waals surface area (Å²) in [6.45, 7) is 0. The Hall–Kier alpha value is -3.84. The molecule has 0 saturated heterocycles. The number of aromatic nitrogens is 3. The highest BCUT2D eigenvalue weighted by Crippen LogP contribution is 2.35. The number of ketones is 1. The molecule has 1 aromatic carbocycles. The van der Waals surface area contributed by atoms with Gasteiger partial charge in [-0.05, 0) is 61.6 Å². The van der Waals surface area contributed by atoms with Crippen molar-refractivity contribution >= 4 is 33.0 Å². The zero-order chi connectivity index (χ0) is 22.5. The molecule has 0 saturated carbocycles. The summed E-state index contributed by atoms with van der Waals surface area (Å²) >= 11 is 1.60. The van der Waals surface area contributed by atoms with Crippen molar-refractivity contribution in [3.05, 3.63) is 92.8 Å². The third-order valence-electron chi connectivity index (χ3n) is 6.18. The van der Waals surface area contributed by atoms with Crippen LogP contribution in [0.3, 0.4) is 0 Å². The first-order valence-electron chi connectivity index (χ1n) is 10.9. The fraction of sp³-hybridized carbons (Fsp3) is 0.154. The highest BCUT2D eigenvalue weighted by Gasteiger charge is 2.23. The number of benzene rings is 1. The number of carbonyl (C=O) groups is 1. The molecule has 0 aliphatic heterocycles. The first-order valence-corrected chi connectivity index (χ1v) is 11.7. The van der Waals surface area contributed by atoms with E-state index < -0.39 is 0 Å². The molecule has 6 nitrogen and oxygen atoms in total. The van der Waals surface area contributed by atoms with Crippen molar-refractivity contribution in [2.24, 2.45) is 0 Å². The Labute approximate surface area is 192 Å². The van der Waals surface area contributed by atoms with Crippen molar-refractivity contribution < 1.29 is 9.90 Å². The number of thiophene rings is 1. The van der Waals surface area contributed by atoms with Gasteiger partial charge in [0.15, 0.2) is 11.4 Å². The Kier molecular flexibility index (Phi) is 4.58. The van der Waals surface area contributed by atoms with Gasteiger partial charge in [-0.2, -0.15) is 0 Å². The third-order valence-corrected chi connectivity index (χ3v) is 7.37. The van der Waals surface area contributed by atoms with Crippen LogP contribution in [-0.4, -0.2) is 25.3 Å². The van der Waals surface area contributed by atoms with Gasteiger partial charge in [0.05, 0.1) is 16.6 Å². The Morgan fingerprint density at radius 1 is 1.06 bits per heavy atom. The minimum absolute atomic E-state index is 0.102. The molecule has 1 aliphatic carbocycles. The zero-order valence-corrected chi connectivity index (χ0v) is 18.4. The first kappa shape index (κ1) is 19.8. The lowest BCUT2D eigenvalue weighted by molar-refractivity contribution is 0.103. The molecule has 7 heteroatoms. The van der Waals surface area contributed by atoms with E-state index in [4.69, 9.17) is 4.98 Å². The van der Waals surface area contributed by atoms with E-state index in [9.17, 15) is 14.7 Å². The van der Waals surface area contributed by atoms with Crippen LogP contribution < -0.4 is 5.56 Å². The zero-order valence-electron chi connectivity index (χ0n) is 17.6. The molecule has 0 radical (unpaired) electrons. The van der Waals surface area contributed by atoms with Crippen LogP contribution in [0.4, 0.5) is 0 Å². The molecule has 0 spiro atoms. The van der Waals surface area contributed by atoms with Gasteiger partial charge < -0.3 is 5.11 Å². The van der Waals surface area contributed by atoms with Crippen LogP contribution in [0.15, 0.2) is 65.7 Å². The number of pyridine rings is 2. The molecular weight excluding hydrogens is 434 g/mol. The highest BCUT2D eigenvalue weighted by molar-refractivity contribution is 7.18. The van der Waals surface area contributed by atoms with Crippen molar-refractivity contribution in [2.75, 3.05) is 0 Å². The highest BCUT2D eigenvalue weighted by atomic mass is 32.1. The molecule has 162 valence electrons. The standard InChI is InChI=1S/C26H19N3O3S/c30-20-10-3-1-7-16(20)23(31)15-13-18(19-9-5-6-12-27-19)24-28-25-22(26(32)29(24)14-15)17-8-2-4-11-21(17)33-25/h1,3,5-7,9-10,12-14,30H,2,4,8,11H2. The van der Waals surface area contributed by atoms with E-state index in [1.165, 1.54) is 21.5 Å². The van der Waals surface area contributed by atoms with Crippen LogP contribution >= 0.6 is 11.3 Å². The monoisotopic (exact) mass is 453 g/mol. The maximum absolute atomic E-state index is 13.7. The second-order valence-electron chi connectivity index (χ2n) is 8.21. The number of carbonyl (C=O) groups excluding carboxylic acids is 1. The van der Waals surface area contributed by atoms with E-state index in [-0.39, 0.29) is 28.2 Å². The van der Waals surface area contributed by atoms with E-state index in [1.54, 1.807) is 41.8 Å². The fourth-order valence-electron chi connectivity index (χ4n) is 4.58. The minimum atomic E-state index is -0.369. The van der Waals surface area contributed by atoms with Crippen LogP contribution in [0.5, 0.6) is 5.75 Å². The molecule has 1 N–H and O–H groups in total. The normalized spacial score (nSPS) is 13.3. The quantitative estimate of drug-likeness (QED) is 0.397. The van der Waals surface area contributed by atoms with E-state index >= 15 is 0 Å². The fourth-order valence-corrected chi connectivity index (χ4v) is 5.83. The first-order chi connectivity index (χ1) is 16.1. The molecule has 4 aromatic heterocycles. The summed E-state index contributed by atoms with van der Waals surface area (Å²) in [6, 6.07) is 13.6. The summed E-state index contributed by atoms with van der Waals surface area (Å²) < 4.78 is 1.47. The number of nitrogens with zero attached hydrogens (tertiary/aromatic N) is 3. The van der Waals surface area contributed by atoms with Crippen molar-refractivity contribution in [1.29, 1.82) is 0 Å². The van der Waals surface area contributed by atoms with Crippen LogP contribution in [0.2, 0.25) is 0 Å². The van der Waals surface area contributed by atoms with Crippen molar-refractivity contribution in [1.82, 2.24) is 14.4 Å². The van der Waals surface area contributed by atoms with Gasteiger partial charge in [0, 0.05) is 28.4 Å². The Balaban J connectivity index is 1.69. The van der Waals surface area contributed by atoms with Crippen molar-refractivity contribution in [3.8, 4) is 17.0 Å². The summed E-state index contributed by atoms with van der Waals surface area (Å²) in [5.41, 5.74) is 3.09. The maximum atomic E-state index is 13.7. The topological polar surface area (TPSA) is 84.6 Å². The average Bonchev–Trinajstić information content (AvgIpc) is 3.23.